The summed E-state index contributed by atoms with van der Waals surface area (Å²) in [5.41, 5.74) is 0. The maximum Gasteiger partial charge on any atom is 0.307 e. The number of carboxylic acids is 1. The molecule has 0 aromatic carbocycles. The van der Waals surface area contributed by atoms with Crippen LogP contribution in [-0.2, 0) is 14.4 Å². The van der Waals surface area contributed by atoms with E-state index >= 15 is 0 Å². The molecule has 0 aromatic rings. The summed E-state index contributed by atoms with van der Waals surface area (Å²) in [6.07, 6.45) is 2.07. The van der Waals surface area contributed by atoms with Crippen LogP contribution in [0.4, 0.5) is 0 Å². The van der Waals surface area contributed by atoms with Gasteiger partial charge >= 0.3 is 5.97 Å². The fraction of sp³-hybridized carbons (Fsp3) is 0.769. The highest BCUT2D eigenvalue weighted by Gasteiger charge is 2.40. The molecule has 0 aromatic heterocycles. The van der Waals surface area contributed by atoms with Gasteiger partial charge in [0.1, 0.15) is 0 Å². The van der Waals surface area contributed by atoms with Gasteiger partial charge in [-0.1, -0.05) is 6.42 Å². The number of carbonyl (C=O) groups is 3. The van der Waals surface area contributed by atoms with Gasteiger partial charge < -0.3 is 14.9 Å². The molecule has 2 amide bonds. The summed E-state index contributed by atoms with van der Waals surface area (Å²) in [6, 6.07) is 0. The van der Waals surface area contributed by atoms with Crippen molar-refractivity contribution in [2.24, 2.45) is 11.8 Å². The van der Waals surface area contributed by atoms with E-state index in [4.69, 9.17) is 5.11 Å². The molecule has 1 saturated heterocycles. The second-order valence-electron chi connectivity index (χ2n) is 5.31. The summed E-state index contributed by atoms with van der Waals surface area (Å²) in [6.45, 7) is 3.65. The van der Waals surface area contributed by atoms with Gasteiger partial charge in [0.2, 0.25) is 11.8 Å². The molecule has 1 aliphatic carbocycles. The van der Waals surface area contributed by atoms with Crippen molar-refractivity contribution in [3.63, 3.8) is 0 Å². The van der Waals surface area contributed by atoms with E-state index in [1.807, 2.05) is 0 Å². The van der Waals surface area contributed by atoms with E-state index in [1.165, 1.54) is 6.92 Å². The third kappa shape index (κ3) is 2.88. The Morgan fingerprint density at radius 3 is 2.00 bits per heavy atom. The van der Waals surface area contributed by atoms with E-state index in [-0.39, 0.29) is 17.7 Å². The minimum absolute atomic E-state index is 0.0244. The minimum atomic E-state index is -0.863. The highest BCUT2D eigenvalue weighted by atomic mass is 16.4. The Balaban J connectivity index is 1.94. The number of hydrogen-bond donors (Lipinski definition) is 1. The van der Waals surface area contributed by atoms with E-state index in [9.17, 15) is 14.4 Å². The minimum Gasteiger partial charge on any atom is -0.481 e. The smallest absolute Gasteiger partial charge is 0.307 e. The quantitative estimate of drug-likeness (QED) is 0.775. The molecule has 6 heteroatoms. The Morgan fingerprint density at radius 2 is 1.47 bits per heavy atom. The second-order valence-corrected chi connectivity index (χ2v) is 5.31. The number of piperazine rings is 1. The van der Waals surface area contributed by atoms with Gasteiger partial charge in [0, 0.05) is 33.1 Å². The van der Waals surface area contributed by atoms with Crippen molar-refractivity contribution in [1.82, 2.24) is 9.80 Å². The lowest BCUT2D eigenvalue weighted by molar-refractivity contribution is -0.150. The first-order chi connectivity index (χ1) is 9.00. The highest BCUT2D eigenvalue weighted by molar-refractivity contribution is 5.85. The molecule has 0 bridgehead atoms. The summed E-state index contributed by atoms with van der Waals surface area (Å²) in [4.78, 5) is 38.1. The first-order valence-electron chi connectivity index (χ1n) is 6.78. The zero-order valence-corrected chi connectivity index (χ0v) is 11.2. The molecule has 2 atom stereocenters. The van der Waals surface area contributed by atoms with Gasteiger partial charge in [-0.2, -0.15) is 0 Å². The SMILES string of the molecule is CC(=O)N1CCN(C(=O)C2CCCC2C(=O)O)CC1. The zero-order valence-electron chi connectivity index (χ0n) is 11.2. The van der Waals surface area contributed by atoms with E-state index in [0.717, 1.165) is 6.42 Å². The van der Waals surface area contributed by atoms with Gasteiger partial charge in [-0.3, -0.25) is 14.4 Å². The normalized spacial score (nSPS) is 27.4. The van der Waals surface area contributed by atoms with Crippen molar-refractivity contribution in [1.29, 1.82) is 0 Å². The Labute approximate surface area is 112 Å². The number of amides is 2. The lowest BCUT2D eigenvalue weighted by Gasteiger charge is -2.36. The molecule has 1 aliphatic heterocycles. The van der Waals surface area contributed by atoms with Crippen molar-refractivity contribution in [3.8, 4) is 0 Å². The molecule has 2 rings (SSSR count). The van der Waals surface area contributed by atoms with Gasteiger partial charge in [0.15, 0.2) is 0 Å². The average molecular weight is 268 g/mol. The Morgan fingerprint density at radius 1 is 0.947 bits per heavy atom. The van der Waals surface area contributed by atoms with Gasteiger partial charge in [0.05, 0.1) is 11.8 Å². The Bertz CT molecular complexity index is 388. The van der Waals surface area contributed by atoms with E-state index in [0.29, 0.717) is 39.0 Å². The van der Waals surface area contributed by atoms with Crippen LogP contribution in [0.25, 0.3) is 0 Å². The van der Waals surface area contributed by atoms with Crippen molar-refractivity contribution in [2.45, 2.75) is 26.2 Å². The maximum absolute atomic E-state index is 12.4. The van der Waals surface area contributed by atoms with Gasteiger partial charge in [-0.05, 0) is 12.8 Å². The topological polar surface area (TPSA) is 77.9 Å². The molecule has 0 radical (unpaired) electrons. The zero-order chi connectivity index (χ0) is 14.0. The Kier molecular flexibility index (Phi) is 4.07. The largest absolute Gasteiger partial charge is 0.481 e. The summed E-state index contributed by atoms with van der Waals surface area (Å²) in [7, 11) is 0. The summed E-state index contributed by atoms with van der Waals surface area (Å²) >= 11 is 0. The van der Waals surface area contributed by atoms with Crippen molar-refractivity contribution in [2.75, 3.05) is 26.2 Å². The second kappa shape index (κ2) is 5.59. The van der Waals surface area contributed by atoms with Crippen LogP contribution in [-0.4, -0.2) is 58.9 Å². The van der Waals surface area contributed by atoms with E-state index in [2.05, 4.69) is 0 Å². The molecule has 2 fully saturated rings. The molecule has 2 unspecified atom stereocenters. The third-order valence-corrected chi connectivity index (χ3v) is 4.19. The number of rotatable bonds is 2. The molecular formula is C13H20N2O4. The Hall–Kier alpha value is -1.59. The van der Waals surface area contributed by atoms with Crippen LogP contribution in [0.1, 0.15) is 26.2 Å². The first-order valence-corrected chi connectivity index (χ1v) is 6.78. The number of carbonyl (C=O) groups excluding carboxylic acids is 2. The molecule has 106 valence electrons. The molecule has 1 saturated carbocycles. The molecule has 6 nitrogen and oxygen atoms in total. The van der Waals surface area contributed by atoms with Gasteiger partial charge in [-0.15, -0.1) is 0 Å². The lowest BCUT2D eigenvalue weighted by atomic mass is 9.94. The number of aliphatic carboxylic acids is 1. The van der Waals surface area contributed by atoms with Gasteiger partial charge in [-0.25, -0.2) is 0 Å². The summed E-state index contributed by atoms with van der Waals surface area (Å²) in [5.74, 6) is -1.79. The number of carboxylic acid groups (broad SMARTS) is 1. The monoisotopic (exact) mass is 268 g/mol. The maximum atomic E-state index is 12.4. The van der Waals surface area contributed by atoms with Crippen molar-refractivity contribution < 1.29 is 19.5 Å². The van der Waals surface area contributed by atoms with E-state index in [1.54, 1.807) is 9.80 Å². The lowest BCUT2D eigenvalue weighted by Crippen LogP contribution is -2.52. The fourth-order valence-electron chi connectivity index (χ4n) is 3.03. The molecule has 1 N–H and O–H groups in total. The summed E-state index contributed by atoms with van der Waals surface area (Å²) in [5, 5.41) is 9.12. The van der Waals surface area contributed by atoms with E-state index < -0.39 is 11.9 Å². The predicted molar refractivity (Wildman–Crippen MR) is 67.3 cm³/mol. The molecule has 0 spiro atoms. The van der Waals surface area contributed by atoms with Crippen LogP contribution in [0.2, 0.25) is 0 Å². The molecule has 2 aliphatic rings. The van der Waals surface area contributed by atoms with Crippen LogP contribution in [0, 0.1) is 11.8 Å². The van der Waals surface area contributed by atoms with Crippen molar-refractivity contribution in [3.05, 3.63) is 0 Å². The van der Waals surface area contributed by atoms with Crippen LogP contribution in [0.5, 0.6) is 0 Å². The third-order valence-electron chi connectivity index (χ3n) is 4.19. The van der Waals surface area contributed by atoms with Crippen LogP contribution < -0.4 is 0 Å². The van der Waals surface area contributed by atoms with Crippen LogP contribution >= 0.6 is 0 Å². The fourth-order valence-corrected chi connectivity index (χ4v) is 3.03. The molecule has 19 heavy (non-hydrogen) atoms. The summed E-state index contributed by atoms with van der Waals surface area (Å²) < 4.78 is 0. The first kappa shape index (κ1) is 13.8. The average Bonchev–Trinajstić information content (AvgIpc) is 2.87. The van der Waals surface area contributed by atoms with Crippen LogP contribution in [0.15, 0.2) is 0 Å². The standard InChI is InChI=1S/C13H20N2O4/c1-9(16)14-5-7-15(8-6-14)12(17)10-3-2-4-11(10)13(18)19/h10-11H,2-8H2,1H3,(H,18,19). The van der Waals surface area contributed by atoms with Crippen molar-refractivity contribution >= 4 is 17.8 Å². The number of nitrogens with zero attached hydrogens (tertiary/aromatic N) is 2. The predicted octanol–water partition coefficient (Wildman–Crippen LogP) is 0.178. The highest BCUT2D eigenvalue weighted by Crippen LogP contribution is 2.33. The molecular weight excluding hydrogens is 248 g/mol. The van der Waals surface area contributed by atoms with Gasteiger partial charge in [0.25, 0.3) is 0 Å². The number of hydrogen-bond acceptors (Lipinski definition) is 3. The molecule has 1 heterocycles. The van der Waals surface area contributed by atoms with Crippen LogP contribution in [0.3, 0.4) is 0 Å².